The maximum Gasteiger partial charge on any atom is 0.416 e. The van der Waals surface area contributed by atoms with Crippen molar-refractivity contribution in [2.24, 2.45) is 0 Å². The second-order valence-electron chi connectivity index (χ2n) is 4.16. The molecule has 0 amide bonds. The largest absolute Gasteiger partial charge is 0.486 e. The van der Waals surface area contributed by atoms with Crippen LogP contribution in [0.15, 0.2) is 29.4 Å². The van der Waals surface area contributed by atoms with Gasteiger partial charge in [0.15, 0.2) is 11.0 Å². The molecule has 4 nitrogen and oxygen atoms in total. The van der Waals surface area contributed by atoms with Gasteiger partial charge in [0.05, 0.1) is 5.56 Å². The van der Waals surface area contributed by atoms with E-state index in [4.69, 9.17) is 4.74 Å². The van der Waals surface area contributed by atoms with Gasteiger partial charge in [0.25, 0.3) is 0 Å². The van der Waals surface area contributed by atoms with Crippen LogP contribution in [0.4, 0.5) is 13.2 Å². The van der Waals surface area contributed by atoms with Gasteiger partial charge in [-0.15, -0.1) is 10.2 Å². The Hall–Kier alpha value is -1.70. The summed E-state index contributed by atoms with van der Waals surface area (Å²) in [6.45, 7) is 2.68. The van der Waals surface area contributed by atoms with E-state index in [1.165, 1.54) is 23.9 Å². The molecule has 1 heterocycles. The fourth-order valence-corrected chi connectivity index (χ4v) is 2.38. The normalized spacial score (nSPS) is 11.7. The lowest BCUT2D eigenvalue weighted by Gasteiger charge is -2.10. The Morgan fingerprint density at radius 1 is 1.29 bits per heavy atom. The number of ether oxygens (including phenoxy) is 1. The molecular formula is C13H14F3N3OS. The summed E-state index contributed by atoms with van der Waals surface area (Å²) in [4.78, 5) is 0. The lowest BCUT2D eigenvalue weighted by molar-refractivity contribution is -0.137. The summed E-state index contributed by atoms with van der Waals surface area (Å²) in [7, 11) is 0. The van der Waals surface area contributed by atoms with Crippen LogP contribution in [0.2, 0.25) is 0 Å². The van der Waals surface area contributed by atoms with Gasteiger partial charge in [0, 0.05) is 6.54 Å². The zero-order chi connectivity index (χ0) is 15.5. The number of halogens is 3. The van der Waals surface area contributed by atoms with Gasteiger partial charge in [0.1, 0.15) is 12.4 Å². The minimum absolute atomic E-state index is 0.0721. The SMILES string of the molecule is CCn1c(COc2cccc(C(F)(F)F)c2)nnc1SC. The standard InChI is InChI=1S/C13H14F3N3OS/c1-3-19-11(17-18-12(19)21-2)8-20-10-6-4-5-9(7-10)13(14,15)16/h4-7H,3,8H2,1-2H3. The van der Waals surface area contributed by atoms with Gasteiger partial charge in [-0.05, 0) is 31.4 Å². The van der Waals surface area contributed by atoms with Gasteiger partial charge in [-0.2, -0.15) is 13.2 Å². The summed E-state index contributed by atoms with van der Waals surface area (Å²) in [6, 6.07) is 4.78. The highest BCUT2D eigenvalue weighted by atomic mass is 32.2. The number of benzene rings is 1. The van der Waals surface area contributed by atoms with Crippen LogP contribution in [0.1, 0.15) is 18.3 Å². The van der Waals surface area contributed by atoms with Crippen LogP contribution >= 0.6 is 11.8 Å². The van der Waals surface area contributed by atoms with Crippen molar-refractivity contribution in [3.63, 3.8) is 0 Å². The highest BCUT2D eigenvalue weighted by Gasteiger charge is 2.30. The molecule has 0 spiro atoms. The van der Waals surface area contributed by atoms with E-state index in [1.54, 1.807) is 0 Å². The molecule has 2 rings (SSSR count). The first kappa shape index (κ1) is 15.7. The first-order valence-corrected chi connectivity index (χ1v) is 7.44. The fourth-order valence-electron chi connectivity index (χ4n) is 1.80. The molecule has 0 aliphatic heterocycles. The number of aromatic nitrogens is 3. The number of rotatable bonds is 5. The number of hydrogen-bond donors (Lipinski definition) is 0. The van der Waals surface area contributed by atoms with Gasteiger partial charge >= 0.3 is 6.18 Å². The first-order valence-electron chi connectivity index (χ1n) is 6.21. The molecule has 21 heavy (non-hydrogen) atoms. The molecule has 0 radical (unpaired) electrons. The van der Waals surface area contributed by atoms with Crippen LogP contribution in [0.25, 0.3) is 0 Å². The van der Waals surface area contributed by atoms with Crippen LogP contribution in [-0.4, -0.2) is 21.0 Å². The van der Waals surface area contributed by atoms with Crippen molar-refractivity contribution in [3.8, 4) is 5.75 Å². The third kappa shape index (κ3) is 3.69. The monoisotopic (exact) mass is 317 g/mol. The Bertz CT molecular complexity index is 613. The van der Waals surface area contributed by atoms with Crippen LogP contribution in [0.3, 0.4) is 0 Å². The Morgan fingerprint density at radius 2 is 2.05 bits per heavy atom. The minimum atomic E-state index is -4.38. The topological polar surface area (TPSA) is 39.9 Å². The Morgan fingerprint density at radius 3 is 2.67 bits per heavy atom. The van der Waals surface area contributed by atoms with E-state index < -0.39 is 11.7 Å². The molecule has 0 atom stereocenters. The predicted molar refractivity (Wildman–Crippen MR) is 73.3 cm³/mol. The molecule has 0 saturated heterocycles. The van der Waals surface area contributed by atoms with Gasteiger partial charge in [-0.1, -0.05) is 17.8 Å². The maximum absolute atomic E-state index is 12.6. The number of hydrogen-bond acceptors (Lipinski definition) is 4. The number of alkyl halides is 3. The molecule has 0 fully saturated rings. The average molecular weight is 317 g/mol. The molecular weight excluding hydrogens is 303 g/mol. The Kier molecular flexibility index (Phi) is 4.76. The van der Waals surface area contributed by atoms with E-state index in [9.17, 15) is 13.2 Å². The Labute approximate surface area is 124 Å². The van der Waals surface area contributed by atoms with Gasteiger partial charge < -0.3 is 9.30 Å². The number of nitrogens with zero attached hydrogens (tertiary/aromatic N) is 3. The maximum atomic E-state index is 12.6. The van der Waals surface area contributed by atoms with E-state index >= 15 is 0 Å². The van der Waals surface area contributed by atoms with Crippen molar-refractivity contribution in [1.29, 1.82) is 0 Å². The lowest BCUT2D eigenvalue weighted by atomic mass is 10.2. The van der Waals surface area contributed by atoms with E-state index in [0.29, 0.717) is 12.4 Å². The summed E-state index contributed by atoms with van der Waals surface area (Å²) in [6.07, 6.45) is -2.50. The van der Waals surface area contributed by atoms with Crippen molar-refractivity contribution in [3.05, 3.63) is 35.7 Å². The summed E-state index contributed by atoms with van der Waals surface area (Å²) in [5.74, 6) is 0.737. The fraction of sp³-hybridized carbons (Fsp3) is 0.385. The van der Waals surface area contributed by atoms with Crippen LogP contribution in [0.5, 0.6) is 5.75 Å². The molecule has 0 unspecified atom stereocenters. The van der Waals surface area contributed by atoms with E-state index in [0.717, 1.165) is 17.3 Å². The zero-order valence-corrected chi connectivity index (χ0v) is 12.3. The lowest BCUT2D eigenvalue weighted by Crippen LogP contribution is -2.08. The van der Waals surface area contributed by atoms with Crippen molar-refractivity contribution in [1.82, 2.24) is 14.8 Å². The van der Waals surface area contributed by atoms with E-state index in [2.05, 4.69) is 10.2 Å². The molecule has 0 bridgehead atoms. The summed E-state index contributed by atoms with van der Waals surface area (Å²) < 4.78 is 45.1. The third-order valence-electron chi connectivity index (χ3n) is 2.82. The Balaban J connectivity index is 2.12. The molecule has 114 valence electrons. The molecule has 1 aromatic heterocycles. The smallest absolute Gasteiger partial charge is 0.416 e. The molecule has 0 saturated carbocycles. The van der Waals surface area contributed by atoms with Gasteiger partial charge in [-0.25, -0.2) is 0 Å². The van der Waals surface area contributed by atoms with Gasteiger partial charge in [0.2, 0.25) is 0 Å². The van der Waals surface area contributed by atoms with Gasteiger partial charge in [-0.3, -0.25) is 0 Å². The van der Waals surface area contributed by atoms with Crippen molar-refractivity contribution < 1.29 is 17.9 Å². The molecule has 0 aliphatic rings. The quantitative estimate of drug-likeness (QED) is 0.790. The highest BCUT2D eigenvalue weighted by molar-refractivity contribution is 7.98. The van der Waals surface area contributed by atoms with Crippen molar-refractivity contribution in [2.45, 2.75) is 31.4 Å². The predicted octanol–water partition coefficient (Wildman–Crippen LogP) is 3.62. The molecule has 0 aliphatic carbocycles. The molecule has 1 aromatic carbocycles. The average Bonchev–Trinajstić information content (AvgIpc) is 2.86. The molecule has 0 N–H and O–H groups in total. The van der Waals surface area contributed by atoms with Crippen molar-refractivity contribution >= 4 is 11.8 Å². The van der Waals surface area contributed by atoms with Crippen LogP contribution in [-0.2, 0) is 19.3 Å². The van der Waals surface area contributed by atoms with Crippen LogP contribution in [0, 0.1) is 0 Å². The summed E-state index contributed by atoms with van der Waals surface area (Å²) >= 11 is 1.45. The second kappa shape index (κ2) is 6.38. The summed E-state index contributed by atoms with van der Waals surface area (Å²) in [5.41, 5.74) is -0.734. The third-order valence-corrected chi connectivity index (χ3v) is 3.49. The highest BCUT2D eigenvalue weighted by Crippen LogP contribution is 2.31. The van der Waals surface area contributed by atoms with E-state index in [-0.39, 0.29) is 12.4 Å². The second-order valence-corrected chi connectivity index (χ2v) is 4.93. The van der Waals surface area contributed by atoms with Crippen molar-refractivity contribution in [2.75, 3.05) is 6.26 Å². The molecule has 8 heteroatoms. The van der Waals surface area contributed by atoms with Crippen LogP contribution < -0.4 is 4.74 Å². The first-order chi connectivity index (χ1) is 9.95. The minimum Gasteiger partial charge on any atom is -0.486 e. The zero-order valence-electron chi connectivity index (χ0n) is 11.5. The summed E-state index contributed by atoms with van der Waals surface area (Å²) in [5, 5.41) is 8.73. The molecule has 2 aromatic rings. The number of thioether (sulfide) groups is 1. The van der Waals surface area contributed by atoms with E-state index in [1.807, 2.05) is 17.7 Å².